The van der Waals surface area contributed by atoms with Crippen molar-refractivity contribution in [2.75, 3.05) is 31.5 Å². The van der Waals surface area contributed by atoms with Gasteiger partial charge in [-0.25, -0.2) is 13.5 Å². The van der Waals surface area contributed by atoms with Gasteiger partial charge in [0.15, 0.2) is 5.69 Å². The molecule has 1 fully saturated rings. The quantitative estimate of drug-likeness (QED) is 0.508. The molecule has 10 nitrogen and oxygen atoms in total. The first kappa shape index (κ1) is 27.5. The minimum Gasteiger partial charge on any atom is -0.431 e. The van der Waals surface area contributed by atoms with Gasteiger partial charge in [0, 0.05) is 43.9 Å². The van der Waals surface area contributed by atoms with Crippen molar-refractivity contribution in [1.29, 1.82) is 0 Å². The molecule has 2 aromatic rings. The number of anilines is 2. The van der Waals surface area contributed by atoms with Gasteiger partial charge in [-0.05, 0) is 30.4 Å². The molecule has 3 rings (SSSR count). The fourth-order valence-corrected chi connectivity index (χ4v) is 5.02. The molecule has 0 bridgehead atoms. The number of halogens is 2. The van der Waals surface area contributed by atoms with Crippen LogP contribution in [0.5, 0.6) is 0 Å². The number of oxazole rings is 1. The molecule has 1 saturated heterocycles. The standard InChI is InChI=1S/C23H31F2N5O5S/c1-4-6-20(31)29-9-5-10-30(12-11-29)36(33,34)28-22(32)19-14-35-23(27-19)26-18-13-16(21(24)25)7-8-17(18)15(2)3/h7-8,13-15,21H,4-6,9-12H2,1-3H3,(H,26,27)(H,28,32). The second-order valence-corrected chi connectivity index (χ2v) is 10.5. The van der Waals surface area contributed by atoms with Crippen LogP contribution in [0.1, 0.15) is 74.0 Å². The Morgan fingerprint density at radius 3 is 2.58 bits per heavy atom. The van der Waals surface area contributed by atoms with Crippen LogP contribution in [0.25, 0.3) is 0 Å². The molecule has 2 N–H and O–H groups in total. The van der Waals surface area contributed by atoms with Crippen LogP contribution in [0, 0.1) is 0 Å². The van der Waals surface area contributed by atoms with Crippen LogP contribution < -0.4 is 10.0 Å². The lowest BCUT2D eigenvalue weighted by atomic mass is 9.99. The lowest BCUT2D eigenvalue weighted by molar-refractivity contribution is -0.131. The van der Waals surface area contributed by atoms with Crippen molar-refractivity contribution in [1.82, 2.24) is 18.9 Å². The average molecular weight is 528 g/mol. The SMILES string of the molecule is CCCC(=O)N1CCCN(S(=O)(=O)NC(=O)c2coc(Nc3cc(C(F)F)ccc3C(C)C)n2)CC1. The molecule has 1 aliphatic rings. The Morgan fingerprint density at radius 2 is 1.92 bits per heavy atom. The van der Waals surface area contributed by atoms with Crippen LogP contribution in [0.4, 0.5) is 20.5 Å². The maximum atomic E-state index is 13.2. The van der Waals surface area contributed by atoms with Crippen molar-refractivity contribution in [3.05, 3.63) is 41.3 Å². The Kier molecular flexibility index (Phi) is 9.01. The van der Waals surface area contributed by atoms with E-state index in [4.69, 9.17) is 4.42 Å². The third kappa shape index (κ3) is 6.78. The average Bonchev–Trinajstić information content (AvgIpc) is 3.12. The smallest absolute Gasteiger partial charge is 0.304 e. The highest BCUT2D eigenvalue weighted by molar-refractivity contribution is 7.87. The number of nitrogens with one attached hydrogen (secondary N) is 2. The fourth-order valence-electron chi connectivity index (χ4n) is 3.86. The molecule has 1 aliphatic heterocycles. The minimum absolute atomic E-state index is 0.00362. The number of aromatic nitrogens is 1. The van der Waals surface area contributed by atoms with Crippen LogP contribution in [-0.4, -0.2) is 60.6 Å². The third-order valence-corrected chi connectivity index (χ3v) is 7.25. The fraction of sp³-hybridized carbons (Fsp3) is 0.522. The van der Waals surface area contributed by atoms with Gasteiger partial charge in [0.25, 0.3) is 18.3 Å². The van der Waals surface area contributed by atoms with Gasteiger partial charge in [0.05, 0.1) is 0 Å². The number of alkyl halides is 2. The maximum Gasteiger partial charge on any atom is 0.304 e. The van der Waals surface area contributed by atoms with E-state index in [-0.39, 0.29) is 48.7 Å². The van der Waals surface area contributed by atoms with Gasteiger partial charge in [-0.15, -0.1) is 0 Å². The highest BCUT2D eigenvalue weighted by Gasteiger charge is 2.29. The Bertz CT molecular complexity index is 1190. The molecular formula is C23H31F2N5O5S. The molecule has 2 heterocycles. The predicted molar refractivity (Wildman–Crippen MR) is 129 cm³/mol. The van der Waals surface area contributed by atoms with Gasteiger partial charge in [0.1, 0.15) is 6.26 Å². The second kappa shape index (κ2) is 11.8. The van der Waals surface area contributed by atoms with E-state index in [1.54, 1.807) is 11.0 Å². The number of amides is 2. The maximum absolute atomic E-state index is 13.2. The first-order valence-corrected chi connectivity index (χ1v) is 13.2. The van der Waals surface area contributed by atoms with E-state index in [2.05, 4.69) is 10.3 Å². The Morgan fingerprint density at radius 1 is 1.17 bits per heavy atom. The zero-order chi connectivity index (χ0) is 26.5. The van der Waals surface area contributed by atoms with E-state index >= 15 is 0 Å². The summed E-state index contributed by atoms with van der Waals surface area (Å²) in [4.78, 5) is 30.3. The third-order valence-electron chi connectivity index (χ3n) is 5.76. The Balaban J connectivity index is 1.68. The number of nitrogens with zero attached hydrogens (tertiary/aromatic N) is 3. The number of hydrogen-bond acceptors (Lipinski definition) is 7. The van der Waals surface area contributed by atoms with Gasteiger partial charge in [-0.2, -0.15) is 17.7 Å². The predicted octanol–water partition coefficient (Wildman–Crippen LogP) is 3.79. The zero-order valence-corrected chi connectivity index (χ0v) is 21.3. The highest BCUT2D eigenvalue weighted by Crippen LogP contribution is 2.31. The van der Waals surface area contributed by atoms with Crippen molar-refractivity contribution in [2.45, 2.75) is 52.4 Å². The summed E-state index contributed by atoms with van der Waals surface area (Å²) >= 11 is 0. The van der Waals surface area contributed by atoms with Gasteiger partial charge >= 0.3 is 10.2 Å². The monoisotopic (exact) mass is 527 g/mol. The molecule has 198 valence electrons. The molecular weight excluding hydrogens is 496 g/mol. The topological polar surface area (TPSA) is 125 Å². The largest absolute Gasteiger partial charge is 0.431 e. The van der Waals surface area contributed by atoms with Gasteiger partial charge in [-0.1, -0.05) is 32.9 Å². The van der Waals surface area contributed by atoms with Crippen LogP contribution in [0.2, 0.25) is 0 Å². The van der Waals surface area contributed by atoms with Crippen molar-refractivity contribution in [2.24, 2.45) is 0 Å². The first-order chi connectivity index (χ1) is 17.0. The molecule has 36 heavy (non-hydrogen) atoms. The van der Waals surface area contributed by atoms with Crippen molar-refractivity contribution in [3.63, 3.8) is 0 Å². The lowest BCUT2D eigenvalue weighted by Crippen LogP contribution is -2.45. The van der Waals surface area contributed by atoms with E-state index in [1.165, 1.54) is 12.1 Å². The van der Waals surface area contributed by atoms with Crippen LogP contribution in [0.15, 0.2) is 28.9 Å². The zero-order valence-electron chi connectivity index (χ0n) is 20.5. The number of rotatable bonds is 9. The van der Waals surface area contributed by atoms with E-state index in [9.17, 15) is 26.8 Å². The minimum atomic E-state index is -4.19. The second-order valence-electron chi connectivity index (χ2n) is 8.78. The van der Waals surface area contributed by atoms with E-state index in [0.29, 0.717) is 31.5 Å². The summed E-state index contributed by atoms with van der Waals surface area (Å²) in [5.74, 6) is -1.02. The van der Waals surface area contributed by atoms with Gasteiger partial charge in [0.2, 0.25) is 5.91 Å². The molecule has 1 aromatic carbocycles. The van der Waals surface area contributed by atoms with Crippen molar-refractivity contribution in [3.8, 4) is 0 Å². The van der Waals surface area contributed by atoms with Crippen LogP contribution in [-0.2, 0) is 15.0 Å². The molecule has 0 aliphatic carbocycles. The Labute approximate surface area is 209 Å². The first-order valence-electron chi connectivity index (χ1n) is 11.8. The lowest BCUT2D eigenvalue weighted by Gasteiger charge is -2.21. The number of carbonyl (C=O) groups is 2. The number of benzene rings is 1. The van der Waals surface area contributed by atoms with Crippen LogP contribution in [0.3, 0.4) is 0 Å². The molecule has 0 saturated carbocycles. The normalized spacial score (nSPS) is 15.2. The van der Waals surface area contributed by atoms with E-state index < -0.39 is 22.5 Å². The molecule has 0 radical (unpaired) electrons. The number of hydrogen-bond donors (Lipinski definition) is 2. The summed E-state index contributed by atoms with van der Waals surface area (Å²) in [6, 6.07) is 4.05. The summed E-state index contributed by atoms with van der Waals surface area (Å²) in [7, 11) is -4.19. The molecule has 13 heteroatoms. The highest BCUT2D eigenvalue weighted by atomic mass is 32.2. The Hall–Kier alpha value is -3.06. The van der Waals surface area contributed by atoms with E-state index in [1.807, 2.05) is 25.5 Å². The summed E-state index contributed by atoms with van der Waals surface area (Å²) in [6.45, 7) is 6.58. The summed E-state index contributed by atoms with van der Waals surface area (Å²) in [5, 5.41) is 2.80. The summed E-state index contributed by atoms with van der Waals surface area (Å²) in [6.07, 6.45) is -0.139. The van der Waals surface area contributed by atoms with Gasteiger partial charge < -0.3 is 14.6 Å². The van der Waals surface area contributed by atoms with Crippen LogP contribution >= 0.6 is 0 Å². The van der Waals surface area contributed by atoms with Gasteiger partial charge in [-0.3, -0.25) is 9.59 Å². The summed E-state index contributed by atoms with van der Waals surface area (Å²) < 4.78 is 60.2. The molecule has 0 unspecified atom stereocenters. The van der Waals surface area contributed by atoms with Crippen molar-refractivity contribution >= 4 is 33.7 Å². The summed E-state index contributed by atoms with van der Waals surface area (Å²) in [5.41, 5.74) is 0.589. The molecule has 1 aromatic heterocycles. The molecule has 2 amide bonds. The van der Waals surface area contributed by atoms with E-state index in [0.717, 1.165) is 16.1 Å². The molecule has 0 spiro atoms. The molecule has 0 atom stereocenters. The van der Waals surface area contributed by atoms with Crippen molar-refractivity contribution < 1.29 is 31.2 Å². The number of carbonyl (C=O) groups excluding carboxylic acids is 2.